The summed E-state index contributed by atoms with van der Waals surface area (Å²) in [6, 6.07) is -3.22. The van der Waals surface area contributed by atoms with Gasteiger partial charge in [0.1, 0.15) is 18.3 Å². The third-order valence-corrected chi connectivity index (χ3v) is 4.00. The fourth-order valence-corrected chi connectivity index (χ4v) is 2.56. The Labute approximate surface area is 165 Å². The SMILES string of the molecule is CC(=O)N[C@H]1[C@H]([C@H](O)[C@H](O)CO)OC(C(=O)O)=C[C@@H]1NC(=O)CNC(=O)[C@H](C)N. The van der Waals surface area contributed by atoms with Gasteiger partial charge in [-0.2, -0.15) is 0 Å². The maximum atomic E-state index is 12.2. The smallest absolute Gasteiger partial charge is 0.370 e. The molecule has 0 fully saturated rings. The van der Waals surface area contributed by atoms with Gasteiger partial charge < -0.3 is 46.8 Å². The Bertz CT molecular complexity index is 667. The highest BCUT2D eigenvalue weighted by molar-refractivity contribution is 5.88. The molecule has 1 aliphatic heterocycles. The lowest BCUT2D eigenvalue weighted by molar-refractivity contribution is -0.147. The molecular weight excluding hydrogens is 392 g/mol. The fourth-order valence-electron chi connectivity index (χ4n) is 2.56. The predicted octanol–water partition coefficient (Wildman–Crippen LogP) is -4.48. The van der Waals surface area contributed by atoms with Crippen molar-refractivity contribution in [2.45, 2.75) is 50.3 Å². The molecular formula is C16H26N4O9. The van der Waals surface area contributed by atoms with E-state index in [0.717, 1.165) is 13.0 Å². The standard InChI is InChI=1S/C16H26N4O9/c1-6(17)15(26)18-4-11(24)20-8-3-10(16(27)28)29-14(12(8)19-7(2)22)13(25)9(23)5-21/h3,6,8-9,12-14,21,23,25H,4-5,17H2,1-2H3,(H,18,26)(H,19,22)(H,20,24)(H,27,28)/t6-,8-,9+,12+,13+,14+/m0/s1. The van der Waals surface area contributed by atoms with Crippen molar-refractivity contribution in [3.8, 4) is 0 Å². The molecule has 1 rings (SSSR count). The zero-order chi connectivity index (χ0) is 22.3. The van der Waals surface area contributed by atoms with Gasteiger partial charge >= 0.3 is 5.97 Å². The van der Waals surface area contributed by atoms with Gasteiger partial charge in [0.2, 0.25) is 23.5 Å². The van der Waals surface area contributed by atoms with Crippen molar-refractivity contribution in [2.75, 3.05) is 13.2 Å². The zero-order valence-electron chi connectivity index (χ0n) is 15.9. The zero-order valence-corrected chi connectivity index (χ0v) is 15.9. The van der Waals surface area contributed by atoms with Gasteiger partial charge in [-0.25, -0.2) is 4.79 Å². The van der Waals surface area contributed by atoms with Crippen molar-refractivity contribution >= 4 is 23.7 Å². The Hall–Kier alpha value is -2.74. The number of aliphatic hydroxyl groups is 3. The molecule has 0 spiro atoms. The normalized spacial score (nSPS) is 24.2. The Morgan fingerprint density at radius 2 is 1.86 bits per heavy atom. The number of nitrogens with one attached hydrogen (secondary N) is 3. The molecule has 0 bridgehead atoms. The molecule has 3 amide bonds. The molecule has 0 radical (unpaired) electrons. The van der Waals surface area contributed by atoms with Crippen molar-refractivity contribution < 1.29 is 44.3 Å². The second-order valence-corrected chi connectivity index (χ2v) is 6.49. The van der Waals surface area contributed by atoms with E-state index in [2.05, 4.69) is 16.0 Å². The number of ether oxygens (including phenoxy) is 1. The highest BCUT2D eigenvalue weighted by atomic mass is 16.5. The summed E-state index contributed by atoms with van der Waals surface area (Å²) in [7, 11) is 0. The van der Waals surface area contributed by atoms with Crippen LogP contribution in [0, 0.1) is 0 Å². The number of hydrogen-bond donors (Lipinski definition) is 8. The van der Waals surface area contributed by atoms with Gasteiger partial charge in [0.15, 0.2) is 0 Å². The number of aliphatic carboxylic acids is 1. The second kappa shape index (κ2) is 10.7. The molecule has 13 heteroatoms. The topological polar surface area (TPSA) is 221 Å². The van der Waals surface area contributed by atoms with Crippen LogP contribution in [0.3, 0.4) is 0 Å². The van der Waals surface area contributed by atoms with Gasteiger partial charge in [0.05, 0.1) is 31.3 Å². The third-order valence-electron chi connectivity index (χ3n) is 4.00. The van der Waals surface area contributed by atoms with Crippen LogP contribution >= 0.6 is 0 Å². The molecule has 0 aliphatic carbocycles. The molecule has 1 heterocycles. The lowest BCUT2D eigenvalue weighted by Crippen LogP contribution is -2.64. The summed E-state index contributed by atoms with van der Waals surface area (Å²) in [6.45, 7) is 1.22. The van der Waals surface area contributed by atoms with Crippen molar-refractivity contribution in [1.29, 1.82) is 0 Å². The number of nitrogens with two attached hydrogens (primary N) is 1. The average molecular weight is 418 g/mol. The van der Waals surface area contributed by atoms with Gasteiger partial charge in [-0.05, 0) is 13.0 Å². The van der Waals surface area contributed by atoms with Crippen molar-refractivity contribution in [3.63, 3.8) is 0 Å². The largest absolute Gasteiger partial charge is 0.478 e. The van der Waals surface area contributed by atoms with E-state index in [1.54, 1.807) is 0 Å². The summed E-state index contributed by atoms with van der Waals surface area (Å²) in [4.78, 5) is 46.6. The monoisotopic (exact) mass is 418 g/mol. The highest BCUT2D eigenvalue weighted by Crippen LogP contribution is 2.23. The molecule has 0 unspecified atom stereocenters. The van der Waals surface area contributed by atoms with Gasteiger partial charge in [-0.3, -0.25) is 14.4 Å². The Morgan fingerprint density at radius 3 is 2.34 bits per heavy atom. The number of amides is 3. The summed E-state index contributed by atoms with van der Waals surface area (Å²) < 4.78 is 5.18. The third kappa shape index (κ3) is 6.98. The maximum Gasteiger partial charge on any atom is 0.370 e. The van der Waals surface area contributed by atoms with Crippen LogP contribution in [0.15, 0.2) is 11.8 Å². The van der Waals surface area contributed by atoms with Crippen LogP contribution in [-0.4, -0.2) is 93.7 Å². The van der Waals surface area contributed by atoms with Crippen LogP contribution in [0.4, 0.5) is 0 Å². The average Bonchev–Trinajstić information content (AvgIpc) is 2.65. The molecule has 0 saturated heterocycles. The van der Waals surface area contributed by atoms with Gasteiger partial charge in [-0.1, -0.05) is 0 Å². The van der Waals surface area contributed by atoms with Gasteiger partial charge in [-0.15, -0.1) is 0 Å². The van der Waals surface area contributed by atoms with Crippen LogP contribution in [0.2, 0.25) is 0 Å². The summed E-state index contributed by atoms with van der Waals surface area (Å²) in [5.41, 5.74) is 5.37. The maximum absolute atomic E-state index is 12.2. The molecule has 164 valence electrons. The summed E-state index contributed by atoms with van der Waals surface area (Å²) in [6.07, 6.45) is -4.01. The first-order valence-electron chi connectivity index (χ1n) is 8.66. The molecule has 13 nitrogen and oxygen atoms in total. The van der Waals surface area contributed by atoms with Crippen LogP contribution in [-0.2, 0) is 23.9 Å². The van der Waals surface area contributed by atoms with Crippen molar-refractivity contribution in [1.82, 2.24) is 16.0 Å². The van der Waals surface area contributed by atoms with Crippen LogP contribution < -0.4 is 21.7 Å². The minimum atomic E-state index is -1.79. The van der Waals surface area contributed by atoms with E-state index in [-0.39, 0.29) is 0 Å². The molecule has 1 aliphatic rings. The minimum Gasteiger partial charge on any atom is -0.478 e. The molecule has 0 saturated carbocycles. The van der Waals surface area contributed by atoms with Crippen LogP contribution in [0.5, 0.6) is 0 Å². The minimum absolute atomic E-state index is 0.479. The Kier molecular flexibility index (Phi) is 8.97. The van der Waals surface area contributed by atoms with Crippen molar-refractivity contribution in [2.24, 2.45) is 5.73 Å². The first-order chi connectivity index (χ1) is 13.5. The van der Waals surface area contributed by atoms with E-state index in [1.165, 1.54) is 6.92 Å². The number of carbonyl (C=O) groups excluding carboxylic acids is 3. The quantitative estimate of drug-likeness (QED) is 0.179. The molecule has 0 aromatic carbocycles. The Balaban J connectivity index is 3.11. The van der Waals surface area contributed by atoms with E-state index in [1.807, 2.05) is 0 Å². The molecule has 9 N–H and O–H groups in total. The number of carbonyl (C=O) groups is 4. The first kappa shape index (κ1) is 24.3. The Morgan fingerprint density at radius 1 is 1.24 bits per heavy atom. The number of carboxylic acid groups (broad SMARTS) is 1. The van der Waals surface area contributed by atoms with Crippen molar-refractivity contribution in [3.05, 3.63) is 11.8 Å². The lowest BCUT2D eigenvalue weighted by Gasteiger charge is -2.40. The van der Waals surface area contributed by atoms with E-state index >= 15 is 0 Å². The first-order valence-corrected chi connectivity index (χ1v) is 8.66. The molecule has 29 heavy (non-hydrogen) atoms. The number of rotatable bonds is 9. The van der Waals surface area contributed by atoms with Gasteiger partial charge in [0.25, 0.3) is 0 Å². The van der Waals surface area contributed by atoms with E-state index in [4.69, 9.17) is 15.6 Å². The van der Waals surface area contributed by atoms with E-state index in [9.17, 15) is 34.5 Å². The number of hydrogen-bond acceptors (Lipinski definition) is 9. The second-order valence-electron chi connectivity index (χ2n) is 6.49. The summed E-state index contributed by atoms with van der Waals surface area (Å²) in [5.74, 6) is -4.09. The summed E-state index contributed by atoms with van der Waals surface area (Å²) >= 11 is 0. The van der Waals surface area contributed by atoms with E-state index < -0.39 is 79.0 Å². The predicted molar refractivity (Wildman–Crippen MR) is 95.9 cm³/mol. The van der Waals surface area contributed by atoms with Crippen LogP contribution in [0.25, 0.3) is 0 Å². The van der Waals surface area contributed by atoms with Crippen LogP contribution in [0.1, 0.15) is 13.8 Å². The summed E-state index contributed by atoms with van der Waals surface area (Å²) in [5, 5.41) is 45.3. The lowest BCUT2D eigenvalue weighted by atomic mass is 9.92. The number of carboxylic acids is 1. The van der Waals surface area contributed by atoms with Gasteiger partial charge in [0, 0.05) is 6.92 Å². The molecule has 0 aromatic heterocycles. The molecule has 0 aromatic rings. The number of aliphatic hydroxyl groups excluding tert-OH is 3. The van der Waals surface area contributed by atoms with E-state index in [0.29, 0.717) is 0 Å². The highest BCUT2D eigenvalue weighted by Gasteiger charge is 2.44. The molecule has 6 atom stereocenters. The fraction of sp³-hybridized carbons (Fsp3) is 0.625.